The fourth-order valence-corrected chi connectivity index (χ4v) is 1.99. The highest BCUT2D eigenvalue weighted by Gasteiger charge is 2.27. The third-order valence-electron chi connectivity index (χ3n) is 3.13. The Kier molecular flexibility index (Phi) is 7.89. The van der Waals surface area contributed by atoms with Crippen molar-refractivity contribution < 1.29 is 4.52 Å². The highest BCUT2D eigenvalue weighted by Crippen LogP contribution is 2.24. The van der Waals surface area contributed by atoms with Gasteiger partial charge in [0.1, 0.15) is 0 Å². The van der Waals surface area contributed by atoms with Gasteiger partial charge in [-0.3, -0.25) is 0 Å². The van der Waals surface area contributed by atoms with Crippen LogP contribution in [0.5, 0.6) is 0 Å². The SMILES string of the molecule is CCCC(C)(N)c1nc(-c2ccc(CN)cc2)no1.Cl.Cl. The Hall–Kier alpha value is -1.14. The molecule has 7 heteroatoms. The van der Waals surface area contributed by atoms with Crippen LogP contribution in [-0.4, -0.2) is 10.1 Å². The molecule has 1 aromatic heterocycles. The summed E-state index contributed by atoms with van der Waals surface area (Å²) in [7, 11) is 0. The molecule has 2 rings (SSSR count). The van der Waals surface area contributed by atoms with Crippen molar-refractivity contribution in [3.63, 3.8) is 0 Å². The van der Waals surface area contributed by atoms with E-state index in [-0.39, 0.29) is 24.8 Å². The second-order valence-electron chi connectivity index (χ2n) is 4.99. The zero-order valence-electron chi connectivity index (χ0n) is 12.2. The number of benzene rings is 1. The molecule has 0 aliphatic rings. The van der Waals surface area contributed by atoms with Crippen LogP contribution in [0.25, 0.3) is 11.4 Å². The summed E-state index contributed by atoms with van der Waals surface area (Å²) < 4.78 is 5.28. The van der Waals surface area contributed by atoms with Gasteiger partial charge < -0.3 is 16.0 Å². The van der Waals surface area contributed by atoms with E-state index in [0.717, 1.165) is 24.0 Å². The number of nitrogens with two attached hydrogens (primary N) is 2. The lowest BCUT2D eigenvalue weighted by molar-refractivity contribution is 0.284. The second kappa shape index (κ2) is 8.34. The molecule has 2 aromatic rings. The molecule has 4 N–H and O–H groups in total. The Morgan fingerprint density at radius 1 is 1.19 bits per heavy atom. The fraction of sp³-hybridized carbons (Fsp3) is 0.429. The third kappa shape index (κ3) is 4.68. The standard InChI is InChI=1S/C14H20N4O.2ClH/c1-3-8-14(2,16)13-17-12(18-19-13)11-6-4-10(9-15)5-7-11;;/h4-7H,3,8-9,15-16H2,1-2H3;2*1H. The van der Waals surface area contributed by atoms with Crippen molar-refractivity contribution in [2.24, 2.45) is 11.5 Å². The van der Waals surface area contributed by atoms with E-state index in [1.807, 2.05) is 31.2 Å². The van der Waals surface area contributed by atoms with Crippen LogP contribution in [0.15, 0.2) is 28.8 Å². The number of aromatic nitrogens is 2. The average molecular weight is 333 g/mol. The molecule has 1 unspecified atom stereocenters. The van der Waals surface area contributed by atoms with Gasteiger partial charge in [-0.25, -0.2) is 0 Å². The van der Waals surface area contributed by atoms with Gasteiger partial charge in [0.2, 0.25) is 11.7 Å². The lowest BCUT2D eigenvalue weighted by atomic mass is 9.98. The zero-order valence-corrected chi connectivity index (χ0v) is 13.8. The summed E-state index contributed by atoms with van der Waals surface area (Å²) in [4.78, 5) is 4.39. The average Bonchev–Trinajstić information content (AvgIpc) is 2.89. The van der Waals surface area contributed by atoms with Crippen LogP contribution in [0.3, 0.4) is 0 Å². The predicted molar refractivity (Wildman–Crippen MR) is 88.6 cm³/mol. The Morgan fingerprint density at radius 2 is 1.81 bits per heavy atom. The van der Waals surface area contributed by atoms with Crippen molar-refractivity contribution in [3.8, 4) is 11.4 Å². The minimum Gasteiger partial charge on any atom is -0.337 e. The summed E-state index contributed by atoms with van der Waals surface area (Å²) in [6, 6.07) is 7.78. The van der Waals surface area contributed by atoms with Crippen LogP contribution < -0.4 is 11.5 Å². The summed E-state index contributed by atoms with van der Waals surface area (Å²) in [6.45, 7) is 4.51. The molecule has 1 atom stereocenters. The van der Waals surface area contributed by atoms with Gasteiger partial charge >= 0.3 is 0 Å². The number of rotatable bonds is 5. The predicted octanol–water partition coefficient (Wildman–Crippen LogP) is 3.01. The van der Waals surface area contributed by atoms with E-state index >= 15 is 0 Å². The van der Waals surface area contributed by atoms with Crippen LogP contribution in [0.4, 0.5) is 0 Å². The van der Waals surface area contributed by atoms with E-state index in [1.54, 1.807) is 0 Å². The minimum atomic E-state index is -0.572. The number of halogens is 2. The van der Waals surface area contributed by atoms with Gasteiger partial charge in [-0.15, -0.1) is 24.8 Å². The van der Waals surface area contributed by atoms with Crippen molar-refractivity contribution in [3.05, 3.63) is 35.7 Å². The van der Waals surface area contributed by atoms with Gasteiger partial charge in [0.05, 0.1) is 5.54 Å². The molecule has 5 nitrogen and oxygen atoms in total. The zero-order chi connectivity index (χ0) is 13.9. The Labute approximate surface area is 137 Å². The second-order valence-corrected chi connectivity index (χ2v) is 4.99. The van der Waals surface area contributed by atoms with Gasteiger partial charge in [-0.2, -0.15) is 4.98 Å². The normalized spacial score (nSPS) is 13.0. The molecular formula is C14H22Cl2N4O. The quantitative estimate of drug-likeness (QED) is 0.878. The van der Waals surface area contributed by atoms with Crippen LogP contribution in [-0.2, 0) is 12.1 Å². The minimum absolute atomic E-state index is 0. The van der Waals surface area contributed by atoms with Crippen LogP contribution >= 0.6 is 24.8 Å². The smallest absolute Gasteiger partial charge is 0.246 e. The summed E-state index contributed by atoms with van der Waals surface area (Å²) in [6.07, 6.45) is 1.77. The summed E-state index contributed by atoms with van der Waals surface area (Å²) >= 11 is 0. The summed E-state index contributed by atoms with van der Waals surface area (Å²) in [5.41, 5.74) is 13.1. The highest BCUT2D eigenvalue weighted by atomic mass is 35.5. The first kappa shape index (κ1) is 19.9. The van der Waals surface area contributed by atoms with Gasteiger partial charge in [-0.1, -0.05) is 42.8 Å². The molecule has 1 heterocycles. The first-order valence-electron chi connectivity index (χ1n) is 6.49. The van der Waals surface area contributed by atoms with Crippen LogP contribution in [0.1, 0.15) is 38.1 Å². The fourth-order valence-electron chi connectivity index (χ4n) is 1.99. The van der Waals surface area contributed by atoms with Crippen molar-refractivity contribution in [2.75, 3.05) is 0 Å². The maximum Gasteiger partial charge on any atom is 0.246 e. The Balaban J connectivity index is 0.00000200. The molecule has 0 amide bonds. The molecular weight excluding hydrogens is 311 g/mol. The van der Waals surface area contributed by atoms with Crippen molar-refractivity contribution in [1.29, 1.82) is 0 Å². The monoisotopic (exact) mass is 332 g/mol. The first-order valence-corrected chi connectivity index (χ1v) is 6.49. The molecule has 0 fully saturated rings. The molecule has 0 aliphatic carbocycles. The summed E-state index contributed by atoms with van der Waals surface area (Å²) in [5, 5.41) is 3.99. The number of hydrogen-bond acceptors (Lipinski definition) is 5. The van der Waals surface area contributed by atoms with E-state index in [0.29, 0.717) is 18.3 Å². The lowest BCUT2D eigenvalue weighted by Gasteiger charge is -2.18. The molecule has 118 valence electrons. The lowest BCUT2D eigenvalue weighted by Crippen LogP contribution is -2.33. The molecule has 0 bridgehead atoms. The molecule has 0 radical (unpaired) electrons. The molecule has 0 aliphatic heterocycles. The van der Waals surface area contributed by atoms with E-state index in [1.165, 1.54) is 0 Å². The Bertz CT molecular complexity index is 540. The van der Waals surface area contributed by atoms with Gasteiger partial charge in [0.15, 0.2) is 0 Å². The van der Waals surface area contributed by atoms with Crippen LogP contribution in [0.2, 0.25) is 0 Å². The topological polar surface area (TPSA) is 91.0 Å². The maximum absolute atomic E-state index is 6.17. The van der Waals surface area contributed by atoms with E-state index in [9.17, 15) is 0 Å². The number of nitrogens with zero attached hydrogens (tertiary/aromatic N) is 2. The first-order chi connectivity index (χ1) is 9.06. The van der Waals surface area contributed by atoms with Crippen molar-refractivity contribution >= 4 is 24.8 Å². The number of hydrogen-bond donors (Lipinski definition) is 2. The third-order valence-corrected chi connectivity index (χ3v) is 3.13. The van der Waals surface area contributed by atoms with E-state index in [4.69, 9.17) is 16.0 Å². The molecule has 0 saturated heterocycles. The van der Waals surface area contributed by atoms with Crippen molar-refractivity contribution in [2.45, 2.75) is 38.8 Å². The molecule has 21 heavy (non-hydrogen) atoms. The van der Waals surface area contributed by atoms with Crippen molar-refractivity contribution in [1.82, 2.24) is 10.1 Å². The van der Waals surface area contributed by atoms with E-state index in [2.05, 4.69) is 17.1 Å². The van der Waals surface area contributed by atoms with Gasteiger partial charge in [-0.05, 0) is 18.9 Å². The molecule has 0 saturated carbocycles. The molecule has 0 spiro atoms. The van der Waals surface area contributed by atoms with Gasteiger partial charge in [0.25, 0.3) is 0 Å². The Morgan fingerprint density at radius 3 is 2.33 bits per heavy atom. The summed E-state index contributed by atoms with van der Waals surface area (Å²) in [5.74, 6) is 1.04. The maximum atomic E-state index is 6.17. The van der Waals surface area contributed by atoms with E-state index < -0.39 is 5.54 Å². The van der Waals surface area contributed by atoms with Gasteiger partial charge in [0, 0.05) is 12.1 Å². The largest absolute Gasteiger partial charge is 0.337 e. The highest BCUT2D eigenvalue weighted by molar-refractivity contribution is 5.85. The molecule has 1 aromatic carbocycles. The van der Waals surface area contributed by atoms with Crippen LogP contribution in [0, 0.1) is 0 Å².